The molecule has 0 atom stereocenters. The topological polar surface area (TPSA) is 212 Å². The summed E-state index contributed by atoms with van der Waals surface area (Å²) in [6, 6.07) is 9.51. The Balaban J connectivity index is 0.00000512. The molecular formula is C43H51K2N2O13S2+. The van der Waals surface area contributed by atoms with Crippen molar-refractivity contribution in [2.45, 2.75) is 114 Å². The van der Waals surface area contributed by atoms with Gasteiger partial charge in [-0.15, -0.1) is 0 Å². The Morgan fingerprint density at radius 3 is 2.06 bits per heavy atom. The van der Waals surface area contributed by atoms with E-state index < -0.39 is 43.2 Å². The van der Waals surface area contributed by atoms with Crippen molar-refractivity contribution in [1.29, 1.82) is 0 Å². The van der Waals surface area contributed by atoms with Crippen LogP contribution in [0.15, 0.2) is 80.9 Å². The van der Waals surface area contributed by atoms with Crippen LogP contribution >= 0.6 is 12.0 Å². The van der Waals surface area contributed by atoms with Gasteiger partial charge in [-0.25, -0.2) is 8.42 Å². The molecule has 15 nitrogen and oxygen atoms in total. The fraction of sp³-hybridized carbons (Fsp3) is 0.465. The van der Waals surface area contributed by atoms with E-state index in [4.69, 9.17) is 9.47 Å². The molecule has 0 saturated heterocycles. The van der Waals surface area contributed by atoms with Crippen molar-refractivity contribution in [1.82, 2.24) is 0 Å². The number of hydrogen-bond acceptors (Lipinski definition) is 15. The first-order valence-electron chi connectivity index (χ1n) is 20.0. The van der Waals surface area contributed by atoms with Crippen LogP contribution in [0, 0.1) is 0 Å². The van der Waals surface area contributed by atoms with Crippen molar-refractivity contribution < 1.29 is 169 Å². The van der Waals surface area contributed by atoms with E-state index in [1.54, 1.807) is 33.8 Å². The standard InChI is InChI=1S/C43H52N2O13S2.2K/c1-7-55-37(46)15-11-9-13-21-44-33-19-17-27(59-58-57-51)23-31(33)42(3,4)35(44)25-29-39(48)30(41(50)40(29)49)26-36-43(5,6)32-24-28(60(52,53)54)18-20-34(32)45(36)22-14-10-12-16-38(47)56-8-2;;/h17-20,23-26H,7-16,21-22H2,1-6H3,(H2-,48,49,50,51,52,53,54);;/q;2*+1/p-1. The molecule has 0 unspecified atom stereocenters. The second kappa shape index (κ2) is 23.9. The third-order valence-corrected chi connectivity index (χ3v) is 12.5. The van der Waals surface area contributed by atoms with Crippen LogP contribution in [0.25, 0.3) is 0 Å². The van der Waals surface area contributed by atoms with E-state index in [9.17, 15) is 42.5 Å². The van der Waals surface area contributed by atoms with Crippen LogP contribution in [-0.4, -0.2) is 78.2 Å². The molecule has 0 amide bonds. The first-order valence-corrected chi connectivity index (χ1v) is 22.1. The normalized spacial score (nSPS) is 17.6. The Morgan fingerprint density at radius 1 is 0.839 bits per heavy atom. The van der Waals surface area contributed by atoms with E-state index in [0.29, 0.717) is 85.8 Å². The summed E-state index contributed by atoms with van der Waals surface area (Å²) in [7, 11) is -4.81. The zero-order valence-corrected chi connectivity index (χ0v) is 44.5. The van der Waals surface area contributed by atoms with Crippen LogP contribution in [0.2, 0.25) is 0 Å². The zero-order chi connectivity index (χ0) is 44.0. The van der Waals surface area contributed by atoms with Gasteiger partial charge in [0.2, 0.25) is 17.3 Å². The van der Waals surface area contributed by atoms with E-state index >= 15 is 0 Å². The molecule has 1 N–H and O–H groups in total. The summed E-state index contributed by atoms with van der Waals surface area (Å²) in [5.74, 6) is -2.93. The minimum Gasteiger partial charge on any atom is -0.744 e. The number of hydrogen-bond donors (Lipinski definition) is 1. The summed E-state index contributed by atoms with van der Waals surface area (Å²) in [5.41, 5.74) is 1.62. The molecule has 0 spiro atoms. The SMILES string of the molecule is CCOC(=O)CCCCCN1/C(=C/C2=C(O)C(=CC3=[N+](CCCCCC(=O)OCC)c4ccc(SOO[O-])cc4C3(C)C)C(=O)C2=O)C(C)(C)c2cc(S(=O)(=O)[O-])ccc21.[K+].[K+]. The predicted octanol–water partition coefficient (Wildman–Crippen LogP) is 0.0245. The third-order valence-electron chi connectivity index (χ3n) is 11.1. The summed E-state index contributed by atoms with van der Waals surface area (Å²) < 4.78 is 52.9. The van der Waals surface area contributed by atoms with Gasteiger partial charge in [0.15, 0.2) is 5.71 Å². The minimum absolute atomic E-state index is 0. The number of anilines is 1. The first-order chi connectivity index (χ1) is 28.4. The molecule has 5 rings (SSSR count). The van der Waals surface area contributed by atoms with Gasteiger partial charge in [-0.1, -0.05) is 20.3 Å². The smallest absolute Gasteiger partial charge is 0.744 e. The van der Waals surface area contributed by atoms with Crippen molar-refractivity contribution in [2.75, 3.05) is 31.2 Å². The quantitative estimate of drug-likeness (QED) is 0.0177. The monoisotopic (exact) mass is 945 g/mol. The van der Waals surface area contributed by atoms with Gasteiger partial charge in [-0.05, 0) is 95.3 Å². The van der Waals surface area contributed by atoms with Crippen molar-refractivity contribution in [3.63, 3.8) is 0 Å². The molecule has 62 heavy (non-hydrogen) atoms. The van der Waals surface area contributed by atoms with Crippen LogP contribution in [0.4, 0.5) is 11.4 Å². The van der Waals surface area contributed by atoms with Gasteiger partial charge in [-0.2, -0.15) is 8.91 Å². The van der Waals surface area contributed by atoms with Gasteiger partial charge in [-0.3, -0.25) is 24.2 Å². The molecule has 2 heterocycles. The molecular weight excluding hydrogens is 895 g/mol. The van der Waals surface area contributed by atoms with Crippen LogP contribution in [0.5, 0.6) is 0 Å². The molecule has 19 heteroatoms. The largest absolute Gasteiger partial charge is 1.00 e. The Bertz CT molecular complexity index is 2280. The van der Waals surface area contributed by atoms with E-state index in [1.807, 2.05) is 35.5 Å². The van der Waals surface area contributed by atoms with Gasteiger partial charge >= 0.3 is 115 Å². The van der Waals surface area contributed by atoms with Crippen LogP contribution < -0.4 is 113 Å². The number of benzene rings is 2. The number of nitrogens with zero attached hydrogens (tertiary/aromatic N) is 2. The van der Waals surface area contributed by atoms with E-state index in [1.165, 1.54) is 30.4 Å². The van der Waals surface area contributed by atoms with Crippen LogP contribution in [0.1, 0.15) is 104 Å². The van der Waals surface area contributed by atoms with Gasteiger partial charge < -0.3 is 29.3 Å². The van der Waals surface area contributed by atoms with E-state index in [2.05, 4.69) is 9.37 Å². The second-order valence-corrected chi connectivity index (χ2v) is 17.9. The average molecular weight is 946 g/mol. The third kappa shape index (κ3) is 12.5. The number of allylic oxidation sites excluding steroid dienone is 5. The number of aliphatic hydroxyl groups is 1. The van der Waals surface area contributed by atoms with Crippen LogP contribution in [-0.2, 0) is 59.0 Å². The molecule has 2 aromatic carbocycles. The number of esters is 2. The molecule has 324 valence electrons. The second-order valence-electron chi connectivity index (χ2n) is 15.7. The molecule has 0 radical (unpaired) electrons. The summed E-state index contributed by atoms with van der Waals surface area (Å²) in [6.45, 7) is 12.4. The number of carbonyl (C=O) groups excluding carboxylic acids is 4. The molecule has 0 fully saturated rings. The van der Waals surface area contributed by atoms with E-state index in [-0.39, 0.29) is 145 Å². The fourth-order valence-electron chi connectivity index (χ4n) is 8.02. The summed E-state index contributed by atoms with van der Waals surface area (Å²) in [4.78, 5) is 53.7. The van der Waals surface area contributed by atoms with Crippen molar-refractivity contribution in [3.05, 3.63) is 82.3 Å². The number of carbonyl (C=O) groups is 4. The minimum atomic E-state index is -4.81. The molecule has 1 aliphatic carbocycles. The van der Waals surface area contributed by atoms with Gasteiger partial charge in [0.05, 0.1) is 46.7 Å². The van der Waals surface area contributed by atoms with Crippen molar-refractivity contribution in [3.8, 4) is 0 Å². The van der Waals surface area contributed by atoms with Crippen molar-refractivity contribution >= 4 is 62.8 Å². The maximum atomic E-state index is 13.9. The number of ketones is 2. The first kappa shape index (κ1) is 55.0. The summed E-state index contributed by atoms with van der Waals surface area (Å²) >= 11 is 0.735. The van der Waals surface area contributed by atoms with Crippen molar-refractivity contribution in [2.24, 2.45) is 0 Å². The molecule has 0 aromatic heterocycles. The van der Waals surface area contributed by atoms with Gasteiger partial charge in [0.25, 0.3) is 0 Å². The molecule has 3 aliphatic rings. The van der Waals surface area contributed by atoms with Gasteiger partial charge in [0, 0.05) is 65.2 Å². The maximum absolute atomic E-state index is 13.9. The number of unbranched alkanes of at least 4 members (excludes halogenated alkanes) is 4. The van der Waals surface area contributed by atoms with Crippen LogP contribution in [0.3, 0.4) is 0 Å². The number of ether oxygens (including phenoxy) is 2. The number of rotatable bonds is 20. The zero-order valence-electron chi connectivity index (χ0n) is 36.7. The van der Waals surface area contributed by atoms with E-state index in [0.717, 1.165) is 23.3 Å². The Hall–Kier alpha value is -1.38. The predicted molar refractivity (Wildman–Crippen MR) is 218 cm³/mol. The average Bonchev–Trinajstić information content (AvgIpc) is 3.63. The Kier molecular flexibility index (Phi) is 21.2. The summed E-state index contributed by atoms with van der Waals surface area (Å²) in [5, 5.41) is 25.9. The Morgan fingerprint density at radius 2 is 1.47 bits per heavy atom. The Labute approximate surface area is 452 Å². The number of aliphatic hydroxyl groups excluding tert-OH is 1. The molecule has 2 aliphatic heterocycles. The fourth-order valence-corrected chi connectivity index (χ4v) is 8.91. The molecule has 2 aromatic rings. The van der Waals surface area contributed by atoms with Gasteiger partial charge in [0.1, 0.15) is 22.4 Å². The summed E-state index contributed by atoms with van der Waals surface area (Å²) in [6.07, 6.45) is 7.26. The number of fused-ring (bicyclic) bond motifs is 2. The number of Topliss-reactive ketones (excluding diaryl/α,β-unsaturated/α-hetero) is 2. The molecule has 0 saturated carbocycles. The molecule has 0 bridgehead atoms. The maximum Gasteiger partial charge on any atom is 1.00 e.